The van der Waals surface area contributed by atoms with Crippen LogP contribution in [-0.2, 0) is 5.41 Å². The first-order chi connectivity index (χ1) is 19.1. The van der Waals surface area contributed by atoms with Gasteiger partial charge in [0.05, 0.1) is 11.4 Å². The predicted molar refractivity (Wildman–Crippen MR) is 161 cm³/mol. The highest BCUT2D eigenvalue weighted by molar-refractivity contribution is 5.90. The second kappa shape index (κ2) is 9.32. The fourth-order valence-electron chi connectivity index (χ4n) is 6.12. The van der Waals surface area contributed by atoms with E-state index in [1.807, 2.05) is 24.3 Å². The minimum atomic E-state index is 0.0314. The van der Waals surface area contributed by atoms with Crippen LogP contribution in [0.5, 0.6) is 0 Å². The molecule has 2 heteroatoms. The van der Waals surface area contributed by atoms with Gasteiger partial charge in [-0.2, -0.15) is 0 Å². The van der Waals surface area contributed by atoms with Crippen LogP contribution in [0.1, 0.15) is 42.9 Å². The highest BCUT2D eigenvalue weighted by Crippen LogP contribution is 2.52. The lowest BCUT2D eigenvalue weighted by atomic mass is 9.77. The molecule has 188 valence electrons. The maximum Gasteiger partial charge on any atom is 0.160 e. The van der Waals surface area contributed by atoms with Gasteiger partial charge in [-0.1, -0.05) is 135 Å². The average Bonchev–Trinajstić information content (AvgIpc) is 3.24. The van der Waals surface area contributed by atoms with E-state index in [0.717, 1.165) is 40.3 Å². The van der Waals surface area contributed by atoms with Crippen molar-refractivity contribution in [1.29, 1.82) is 0 Å². The molecule has 0 aliphatic heterocycles. The molecule has 0 amide bonds. The molecule has 0 bridgehead atoms. The first-order valence-corrected chi connectivity index (χ1v) is 13.7. The lowest BCUT2D eigenvalue weighted by Gasteiger charge is -2.27. The SMILES string of the molecule is CC1(C)C2=C[C@@H](c3ccc(-c4cc(-c5ccccc5)nc(-c5ccccc5)n4)cc3)CC=C2c2ccccc21. The summed E-state index contributed by atoms with van der Waals surface area (Å²) in [4.78, 5) is 9.92. The van der Waals surface area contributed by atoms with Gasteiger partial charge in [0.15, 0.2) is 5.82 Å². The Morgan fingerprint density at radius 2 is 1.23 bits per heavy atom. The summed E-state index contributed by atoms with van der Waals surface area (Å²) in [6, 6.07) is 40.5. The van der Waals surface area contributed by atoms with Crippen LogP contribution in [-0.4, -0.2) is 9.97 Å². The zero-order chi connectivity index (χ0) is 26.4. The molecular weight excluding hydrogens is 472 g/mol. The van der Waals surface area contributed by atoms with Gasteiger partial charge in [-0.3, -0.25) is 0 Å². The molecule has 2 aliphatic rings. The standard InChI is InChI=1S/C37H30N2/c1-37(2)32-16-10-9-15-30(32)31-22-21-29(23-33(31)37)25-17-19-27(20-18-25)35-24-34(26-11-5-3-6-12-26)38-36(39-35)28-13-7-4-8-14-28/h3-20,22-24,29H,21H2,1-2H3/t29-/m0/s1. The van der Waals surface area contributed by atoms with Gasteiger partial charge < -0.3 is 0 Å². The van der Waals surface area contributed by atoms with Gasteiger partial charge in [-0.15, -0.1) is 0 Å². The third kappa shape index (κ3) is 4.13. The van der Waals surface area contributed by atoms with Crippen LogP contribution in [0.4, 0.5) is 0 Å². The summed E-state index contributed by atoms with van der Waals surface area (Å²) in [5.41, 5.74) is 12.2. The third-order valence-electron chi connectivity index (χ3n) is 8.26. The van der Waals surface area contributed by atoms with E-state index in [2.05, 4.69) is 117 Å². The van der Waals surface area contributed by atoms with Crippen LogP contribution in [0.2, 0.25) is 0 Å². The number of nitrogens with zero attached hydrogens (tertiary/aromatic N) is 2. The Morgan fingerprint density at radius 1 is 0.641 bits per heavy atom. The molecule has 0 N–H and O–H groups in total. The van der Waals surface area contributed by atoms with E-state index in [0.29, 0.717) is 5.92 Å². The van der Waals surface area contributed by atoms with Crippen LogP contribution in [0, 0.1) is 0 Å². The number of allylic oxidation sites excluding steroid dienone is 4. The highest BCUT2D eigenvalue weighted by Gasteiger charge is 2.39. The molecule has 1 heterocycles. The molecule has 1 atom stereocenters. The van der Waals surface area contributed by atoms with Gasteiger partial charge in [0.25, 0.3) is 0 Å². The van der Waals surface area contributed by atoms with Crippen molar-refractivity contribution < 1.29 is 0 Å². The van der Waals surface area contributed by atoms with E-state index < -0.39 is 0 Å². The van der Waals surface area contributed by atoms with Gasteiger partial charge in [-0.25, -0.2) is 9.97 Å². The van der Waals surface area contributed by atoms with Crippen LogP contribution in [0.25, 0.3) is 39.5 Å². The van der Waals surface area contributed by atoms with Gasteiger partial charge in [-0.05, 0) is 40.3 Å². The van der Waals surface area contributed by atoms with Gasteiger partial charge in [0.2, 0.25) is 0 Å². The molecule has 1 aromatic heterocycles. The molecular formula is C37H30N2. The molecule has 5 aromatic rings. The first-order valence-electron chi connectivity index (χ1n) is 13.7. The van der Waals surface area contributed by atoms with Crippen LogP contribution >= 0.6 is 0 Å². The minimum absolute atomic E-state index is 0.0314. The number of rotatable bonds is 4. The van der Waals surface area contributed by atoms with Crippen LogP contribution in [0.3, 0.4) is 0 Å². The van der Waals surface area contributed by atoms with Gasteiger partial charge >= 0.3 is 0 Å². The zero-order valence-electron chi connectivity index (χ0n) is 22.3. The zero-order valence-corrected chi connectivity index (χ0v) is 22.3. The van der Waals surface area contributed by atoms with Crippen molar-refractivity contribution in [2.24, 2.45) is 0 Å². The fraction of sp³-hybridized carbons (Fsp3) is 0.135. The van der Waals surface area contributed by atoms with Gasteiger partial charge in [0.1, 0.15) is 0 Å². The normalized spacial score (nSPS) is 17.1. The minimum Gasteiger partial charge on any atom is -0.228 e. The molecule has 7 rings (SSSR count). The Balaban J connectivity index is 1.24. The topological polar surface area (TPSA) is 25.8 Å². The van der Waals surface area contributed by atoms with E-state index in [-0.39, 0.29) is 5.41 Å². The Morgan fingerprint density at radius 3 is 1.92 bits per heavy atom. The molecule has 0 saturated heterocycles. The quantitative estimate of drug-likeness (QED) is 0.245. The number of hydrogen-bond acceptors (Lipinski definition) is 2. The summed E-state index contributed by atoms with van der Waals surface area (Å²) in [6.07, 6.45) is 5.98. The van der Waals surface area contributed by atoms with Crippen LogP contribution < -0.4 is 0 Å². The van der Waals surface area contributed by atoms with Crippen molar-refractivity contribution in [2.75, 3.05) is 0 Å². The average molecular weight is 503 g/mol. The molecule has 39 heavy (non-hydrogen) atoms. The molecule has 2 aliphatic carbocycles. The fourth-order valence-corrected chi connectivity index (χ4v) is 6.12. The maximum absolute atomic E-state index is 4.99. The summed E-state index contributed by atoms with van der Waals surface area (Å²) >= 11 is 0. The van der Waals surface area contributed by atoms with E-state index >= 15 is 0 Å². The predicted octanol–water partition coefficient (Wildman–Crippen LogP) is 9.27. The van der Waals surface area contributed by atoms with E-state index in [1.54, 1.807) is 0 Å². The Hall–Kier alpha value is -4.56. The summed E-state index contributed by atoms with van der Waals surface area (Å²) in [6.45, 7) is 4.71. The second-order valence-electron chi connectivity index (χ2n) is 11.0. The Labute approximate surface area is 230 Å². The summed E-state index contributed by atoms with van der Waals surface area (Å²) in [5.74, 6) is 1.12. The first kappa shape index (κ1) is 23.5. The number of aromatic nitrogens is 2. The molecule has 0 spiro atoms. The molecule has 0 fully saturated rings. The lowest BCUT2D eigenvalue weighted by molar-refractivity contribution is 0.648. The number of hydrogen-bond donors (Lipinski definition) is 0. The van der Waals surface area contributed by atoms with E-state index in [4.69, 9.17) is 9.97 Å². The van der Waals surface area contributed by atoms with Crippen molar-refractivity contribution in [2.45, 2.75) is 31.6 Å². The van der Waals surface area contributed by atoms with Crippen molar-refractivity contribution in [3.63, 3.8) is 0 Å². The van der Waals surface area contributed by atoms with Crippen molar-refractivity contribution in [3.8, 4) is 33.9 Å². The molecule has 2 nitrogen and oxygen atoms in total. The van der Waals surface area contributed by atoms with E-state index in [1.165, 1.54) is 27.8 Å². The van der Waals surface area contributed by atoms with Crippen molar-refractivity contribution in [1.82, 2.24) is 9.97 Å². The molecule has 4 aromatic carbocycles. The lowest BCUT2D eigenvalue weighted by Crippen LogP contribution is -2.17. The monoisotopic (exact) mass is 502 g/mol. The van der Waals surface area contributed by atoms with Gasteiger partial charge in [0, 0.05) is 28.0 Å². The number of benzene rings is 4. The van der Waals surface area contributed by atoms with Crippen molar-refractivity contribution in [3.05, 3.63) is 150 Å². The second-order valence-corrected chi connectivity index (χ2v) is 11.0. The summed E-state index contributed by atoms with van der Waals surface area (Å²) < 4.78 is 0. The van der Waals surface area contributed by atoms with E-state index in [9.17, 15) is 0 Å². The van der Waals surface area contributed by atoms with Crippen molar-refractivity contribution >= 4 is 5.57 Å². The Kier molecular flexibility index (Phi) is 5.63. The summed E-state index contributed by atoms with van der Waals surface area (Å²) in [7, 11) is 0. The molecule has 0 unspecified atom stereocenters. The third-order valence-corrected chi connectivity index (χ3v) is 8.26. The number of fused-ring (bicyclic) bond motifs is 3. The largest absolute Gasteiger partial charge is 0.228 e. The molecule has 0 saturated carbocycles. The maximum atomic E-state index is 4.99. The van der Waals surface area contributed by atoms with Crippen LogP contribution in [0.15, 0.2) is 133 Å². The highest BCUT2D eigenvalue weighted by atomic mass is 14.9. The smallest absolute Gasteiger partial charge is 0.160 e. The Bertz CT molecular complexity index is 1670. The summed E-state index contributed by atoms with van der Waals surface area (Å²) in [5, 5.41) is 0. The molecule has 0 radical (unpaired) electrons.